The van der Waals surface area contributed by atoms with E-state index >= 15 is 0 Å². The molecule has 0 bridgehead atoms. The van der Waals surface area contributed by atoms with Gasteiger partial charge < -0.3 is 10.5 Å². The van der Waals surface area contributed by atoms with Gasteiger partial charge in [-0.15, -0.1) is 0 Å². The molecule has 1 saturated heterocycles. The van der Waals surface area contributed by atoms with Crippen LogP contribution < -0.4 is 5.73 Å². The van der Waals surface area contributed by atoms with E-state index in [4.69, 9.17) is 10.5 Å². The normalized spacial score (nSPS) is 19.0. The first-order valence-electron chi connectivity index (χ1n) is 4.81. The summed E-state index contributed by atoms with van der Waals surface area (Å²) in [6, 6.07) is 8.46. The highest BCUT2D eigenvalue weighted by Gasteiger charge is 2.39. The fourth-order valence-electron chi connectivity index (χ4n) is 1.88. The second-order valence-electron chi connectivity index (χ2n) is 3.82. The van der Waals surface area contributed by atoms with Crippen LogP contribution in [0.1, 0.15) is 12.0 Å². The average molecular weight is 256 g/mol. The van der Waals surface area contributed by atoms with Gasteiger partial charge in [0.2, 0.25) is 0 Å². The molecule has 1 aromatic rings. The topological polar surface area (TPSA) is 35.2 Å². The zero-order valence-electron chi connectivity index (χ0n) is 8.00. The van der Waals surface area contributed by atoms with Crippen LogP contribution >= 0.6 is 15.9 Å². The van der Waals surface area contributed by atoms with Crippen LogP contribution in [-0.2, 0) is 10.2 Å². The standard InChI is InChI=1S/C11H14BrNO/c12-10-3-1-9(2-4-10)11(5-6-13)7-14-8-11/h1-4H,5-8,13H2. The van der Waals surface area contributed by atoms with Crippen molar-refractivity contribution in [2.45, 2.75) is 11.8 Å². The summed E-state index contributed by atoms with van der Waals surface area (Å²) in [6.07, 6.45) is 1.01. The Balaban J connectivity index is 2.23. The molecule has 1 aliphatic heterocycles. The van der Waals surface area contributed by atoms with Gasteiger partial charge in [-0.2, -0.15) is 0 Å². The molecule has 76 valence electrons. The summed E-state index contributed by atoms with van der Waals surface area (Å²) in [4.78, 5) is 0. The Morgan fingerprint density at radius 2 is 1.93 bits per heavy atom. The number of benzene rings is 1. The van der Waals surface area contributed by atoms with E-state index in [0.717, 1.165) is 30.7 Å². The number of nitrogens with two attached hydrogens (primary N) is 1. The van der Waals surface area contributed by atoms with Crippen molar-refractivity contribution >= 4 is 15.9 Å². The zero-order chi connectivity index (χ0) is 10.0. The molecule has 0 unspecified atom stereocenters. The van der Waals surface area contributed by atoms with Gasteiger partial charge in [0.15, 0.2) is 0 Å². The van der Waals surface area contributed by atoms with Crippen molar-refractivity contribution in [3.05, 3.63) is 34.3 Å². The molecule has 0 saturated carbocycles. The average Bonchev–Trinajstić information content (AvgIpc) is 2.13. The minimum atomic E-state index is 0.190. The van der Waals surface area contributed by atoms with Gasteiger partial charge in [0.1, 0.15) is 0 Å². The number of hydrogen-bond acceptors (Lipinski definition) is 2. The second-order valence-corrected chi connectivity index (χ2v) is 4.73. The van der Waals surface area contributed by atoms with E-state index < -0.39 is 0 Å². The van der Waals surface area contributed by atoms with Gasteiger partial charge in [-0.3, -0.25) is 0 Å². The van der Waals surface area contributed by atoms with Crippen LogP contribution in [0.3, 0.4) is 0 Å². The number of halogens is 1. The second kappa shape index (κ2) is 4.01. The van der Waals surface area contributed by atoms with Crippen LogP contribution in [-0.4, -0.2) is 19.8 Å². The van der Waals surface area contributed by atoms with Crippen LogP contribution in [0.25, 0.3) is 0 Å². The Kier molecular flexibility index (Phi) is 2.91. The number of hydrogen-bond donors (Lipinski definition) is 1. The van der Waals surface area contributed by atoms with Crippen molar-refractivity contribution in [2.75, 3.05) is 19.8 Å². The van der Waals surface area contributed by atoms with Crippen LogP contribution in [0.4, 0.5) is 0 Å². The van der Waals surface area contributed by atoms with Crippen LogP contribution in [0, 0.1) is 0 Å². The van der Waals surface area contributed by atoms with Gasteiger partial charge in [0, 0.05) is 9.89 Å². The summed E-state index contributed by atoms with van der Waals surface area (Å²) in [6.45, 7) is 2.34. The van der Waals surface area contributed by atoms with Crippen molar-refractivity contribution in [3.8, 4) is 0 Å². The van der Waals surface area contributed by atoms with E-state index in [-0.39, 0.29) is 5.41 Å². The van der Waals surface area contributed by atoms with E-state index in [9.17, 15) is 0 Å². The Labute approximate surface area is 92.6 Å². The summed E-state index contributed by atoms with van der Waals surface area (Å²) < 4.78 is 6.42. The fraction of sp³-hybridized carbons (Fsp3) is 0.455. The highest BCUT2D eigenvalue weighted by Crippen LogP contribution is 2.35. The van der Waals surface area contributed by atoms with Crippen LogP contribution in [0.2, 0.25) is 0 Å². The van der Waals surface area contributed by atoms with E-state index in [2.05, 4.69) is 40.2 Å². The summed E-state index contributed by atoms with van der Waals surface area (Å²) in [5.41, 5.74) is 7.16. The Hall–Kier alpha value is -0.380. The van der Waals surface area contributed by atoms with E-state index in [0.29, 0.717) is 0 Å². The summed E-state index contributed by atoms with van der Waals surface area (Å²) in [5, 5.41) is 0. The molecule has 3 heteroatoms. The highest BCUT2D eigenvalue weighted by molar-refractivity contribution is 9.10. The van der Waals surface area contributed by atoms with E-state index in [1.807, 2.05) is 0 Å². The molecule has 0 amide bonds. The van der Waals surface area contributed by atoms with Gasteiger partial charge in [0.05, 0.1) is 13.2 Å². The Morgan fingerprint density at radius 3 is 2.36 bits per heavy atom. The monoisotopic (exact) mass is 255 g/mol. The SMILES string of the molecule is NCCC1(c2ccc(Br)cc2)COC1. The first-order chi connectivity index (χ1) is 6.77. The summed E-state index contributed by atoms with van der Waals surface area (Å²) in [7, 11) is 0. The predicted octanol–water partition coefficient (Wildman–Crippen LogP) is 2.07. The van der Waals surface area contributed by atoms with Gasteiger partial charge in [0.25, 0.3) is 0 Å². The molecule has 0 spiro atoms. The molecule has 0 radical (unpaired) electrons. The maximum absolute atomic E-state index is 5.63. The molecule has 1 fully saturated rings. The quantitative estimate of drug-likeness (QED) is 0.898. The maximum Gasteiger partial charge on any atom is 0.0586 e. The maximum atomic E-state index is 5.63. The largest absolute Gasteiger partial charge is 0.379 e. The molecule has 0 aromatic heterocycles. The van der Waals surface area contributed by atoms with Gasteiger partial charge in [-0.25, -0.2) is 0 Å². The first-order valence-corrected chi connectivity index (χ1v) is 5.60. The smallest absolute Gasteiger partial charge is 0.0586 e. The number of rotatable bonds is 3. The minimum absolute atomic E-state index is 0.190. The van der Waals surface area contributed by atoms with Crippen LogP contribution in [0.5, 0.6) is 0 Å². The highest BCUT2D eigenvalue weighted by atomic mass is 79.9. The fourth-order valence-corrected chi connectivity index (χ4v) is 2.15. The van der Waals surface area contributed by atoms with Gasteiger partial charge in [-0.05, 0) is 30.7 Å². The van der Waals surface area contributed by atoms with Crippen molar-refractivity contribution in [2.24, 2.45) is 5.73 Å². The lowest BCUT2D eigenvalue weighted by molar-refractivity contribution is -0.0631. The predicted molar refractivity (Wildman–Crippen MR) is 60.3 cm³/mol. The molecule has 1 aliphatic rings. The molecule has 1 aromatic carbocycles. The third-order valence-electron chi connectivity index (χ3n) is 2.84. The molecular weight excluding hydrogens is 242 g/mol. The van der Waals surface area contributed by atoms with Crippen molar-refractivity contribution < 1.29 is 4.74 Å². The van der Waals surface area contributed by atoms with Crippen molar-refractivity contribution in [1.82, 2.24) is 0 Å². The third kappa shape index (κ3) is 1.72. The van der Waals surface area contributed by atoms with Gasteiger partial charge in [-0.1, -0.05) is 28.1 Å². The number of ether oxygens (including phenoxy) is 1. The first kappa shape index (κ1) is 10.1. The lowest BCUT2D eigenvalue weighted by Crippen LogP contribution is -2.48. The van der Waals surface area contributed by atoms with E-state index in [1.165, 1.54) is 5.56 Å². The molecule has 0 aliphatic carbocycles. The van der Waals surface area contributed by atoms with Crippen LogP contribution in [0.15, 0.2) is 28.7 Å². The van der Waals surface area contributed by atoms with Crippen molar-refractivity contribution in [3.63, 3.8) is 0 Å². The zero-order valence-corrected chi connectivity index (χ0v) is 9.59. The molecule has 1 heterocycles. The van der Waals surface area contributed by atoms with Crippen molar-refractivity contribution in [1.29, 1.82) is 0 Å². The minimum Gasteiger partial charge on any atom is -0.379 e. The Morgan fingerprint density at radius 1 is 1.29 bits per heavy atom. The molecular formula is C11H14BrNO. The Bertz CT molecular complexity index is 306. The third-order valence-corrected chi connectivity index (χ3v) is 3.36. The molecule has 14 heavy (non-hydrogen) atoms. The molecule has 2 nitrogen and oxygen atoms in total. The molecule has 0 atom stereocenters. The van der Waals surface area contributed by atoms with E-state index in [1.54, 1.807) is 0 Å². The summed E-state index contributed by atoms with van der Waals surface area (Å²) >= 11 is 3.44. The molecule has 2 N–H and O–H groups in total. The molecule has 2 rings (SSSR count). The lowest BCUT2D eigenvalue weighted by Gasteiger charge is -2.42. The van der Waals surface area contributed by atoms with Gasteiger partial charge >= 0.3 is 0 Å². The lowest BCUT2D eigenvalue weighted by atomic mass is 9.76. The summed E-state index contributed by atoms with van der Waals surface area (Å²) in [5.74, 6) is 0.